The molecule has 2 aliphatic rings. The molecule has 0 aromatic heterocycles. The molecule has 2 atom stereocenters. The predicted molar refractivity (Wildman–Crippen MR) is 48.9 cm³/mol. The predicted octanol–water partition coefficient (Wildman–Crippen LogP) is 2.79. The third-order valence-corrected chi connectivity index (χ3v) is 3.99. The fourth-order valence-electron chi connectivity index (χ4n) is 3.20. The summed E-state index contributed by atoms with van der Waals surface area (Å²) in [4.78, 5) is 11.2. The largest absolute Gasteiger partial charge is 0.300 e. The molecule has 0 saturated heterocycles. The molecule has 0 bridgehead atoms. The van der Waals surface area contributed by atoms with Gasteiger partial charge in [-0.3, -0.25) is 4.79 Å². The quantitative estimate of drug-likeness (QED) is 0.541. The van der Waals surface area contributed by atoms with Crippen LogP contribution in [0.2, 0.25) is 0 Å². The fourth-order valence-corrected chi connectivity index (χ4v) is 3.20. The lowest BCUT2D eigenvalue weighted by atomic mass is 9.83. The molecule has 0 N–H and O–H groups in total. The topological polar surface area (TPSA) is 17.1 Å². The molecule has 0 aromatic carbocycles. The number of rotatable bonds is 0. The summed E-state index contributed by atoms with van der Waals surface area (Å²) in [6.45, 7) is 4.67. The van der Waals surface area contributed by atoms with E-state index in [2.05, 4.69) is 13.8 Å². The molecular formula is C11H18O. The van der Waals surface area contributed by atoms with E-state index in [1.54, 1.807) is 0 Å². The van der Waals surface area contributed by atoms with Crippen LogP contribution in [0.25, 0.3) is 0 Å². The fraction of sp³-hybridized carbons (Fsp3) is 0.909. The Morgan fingerprint density at radius 3 is 2.25 bits per heavy atom. The van der Waals surface area contributed by atoms with E-state index in [1.807, 2.05) is 0 Å². The third-order valence-electron chi connectivity index (χ3n) is 3.99. The van der Waals surface area contributed by atoms with E-state index in [0.717, 1.165) is 24.7 Å². The molecule has 0 unspecified atom stereocenters. The van der Waals surface area contributed by atoms with E-state index in [-0.39, 0.29) is 0 Å². The second-order valence-electron chi connectivity index (χ2n) is 5.08. The molecule has 0 aromatic rings. The Kier molecular flexibility index (Phi) is 1.78. The van der Waals surface area contributed by atoms with Crippen molar-refractivity contribution in [2.45, 2.75) is 46.0 Å². The van der Waals surface area contributed by atoms with Gasteiger partial charge in [0.15, 0.2) is 0 Å². The highest BCUT2D eigenvalue weighted by atomic mass is 16.1. The van der Waals surface area contributed by atoms with Gasteiger partial charge >= 0.3 is 0 Å². The van der Waals surface area contributed by atoms with Crippen molar-refractivity contribution in [2.75, 3.05) is 0 Å². The van der Waals surface area contributed by atoms with Gasteiger partial charge in [-0.2, -0.15) is 0 Å². The zero-order valence-electron chi connectivity index (χ0n) is 8.10. The molecule has 2 aliphatic carbocycles. The summed E-state index contributed by atoms with van der Waals surface area (Å²) in [5.74, 6) is 2.20. The first-order chi connectivity index (χ1) is 5.61. The Morgan fingerprint density at radius 2 is 1.83 bits per heavy atom. The molecule has 68 valence electrons. The molecule has 1 spiro atoms. The minimum Gasteiger partial charge on any atom is -0.300 e. The molecule has 0 amide bonds. The minimum absolute atomic E-state index is 0.454. The van der Waals surface area contributed by atoms with Crippen LogP contribution in [0.15, 0.2) is 0 Å². The summed E-state index contributed by atoms with van der Waals surface area (Å²) in [6.07, 6.45) is 5.54. The summed E-state index contributed by atoms with van der Waals surface area (Å²) in [7, 11) is 0. The molecular weight excluding hydrogens is 148 g/mol. The maximum Gasteiger partial charge on any atom is 0.133 e. The van der Waals surface area contributed by atoms with Gasteiger partial charge in [0.25, 0.3) is 0 Å². The van der Waals surface area contributed by atoms with Crippen LogP contribution >= 0.6 is 0 Å². The van der Waals surface area contributed by atoms with E-state index >= 15 is 0 Å². The number of carbonyl (C=O) groups is 1. The van der Waals surface area contributed by atoms with E-state index in [9.17, 15) is 4.79 Å². The molecule has 1 nitrogen and oxygen atoms in total. The van der Waals surface area contributed by atoms with Crippen molar-refractivity contribution in [3.63, 3.8) is 0 Å². The number of hydrogen-bond donors (Lipinski definition) is 0. The molecule has 2 rings (SSSR count). The number of hydrogen-bond acceptors (Lipinski definition) is 1. The number of Topliss-reactive ketones (excluding diaryl/α,β-unsaturated/α-hetero) is 1. The Hall–Kier alpha value is -0.330. The standard InChI is InChI=1S/C11H18O/c1-8-5-11(6-9(8)2)4-3-10(12)7-11/h8-9H,3-7H2,1-2H3/t8-,9-/m0/s1. The van der Waals surface area contributed by atoms with Crippen LogP contribution in [-0.2, 0) is 4.79 Å². The normalized spacial score (nSPS) is 39.7. The van der Waals surface area contributed by atoms with Gasteiger partial charge in [0.05, 0.1) is 0 Å². The van der Waals surface area contributed by atoms with Gasteiger partial charge in [-0.1, -0.05) is 13.8 Å². The zero-order valence-corrected chi connectivity index (χ0v) is 8.10. The lowest BCUT2D eigenvalue weighted by Crippen LogP contribution is -2.12. The first kappa shape index (κ1) is 8.28. The first-order valence-corrected chi connectivity index (χ1v) is 5.13. The van der Waals surface area contributed by atoms with Crippen molar-refractivity contribution in [3.8, 4) is 0 Å². The van der Waals surface area contributed by atoms with Crippen molar-refractivity contribution in [1.29, 1.82) is 0 Å². The SMILES string of the molecule is C[C@H]1CC2(CCC(=O)C2)C[C@@H]1C. The van der Waals surface area contributed by atoms with Gasteiger partial charge in [-0.25, -0.2) is 0 Å². The maximum atomic E-state index is 11.2. The smallest absolute Gasteiger partial charge is 0.133 e. The lowest BCUT2D eigenvalue weighted by Gasteiger charge is -2.20. The molecule has 0 radical (unpaired) electrons. The van der Waals surface area contributed by atoms with Gasteiger partial charge in [-0.15, -0.1) is 0 Å². The molecule has 1 heteroatoms. The van der Waals surface area contributed by atoms with E-state index < -0.39 is 0 Å². The molecule has 12 heavy (non-hydrogen) atoms. The summed E-state index contributed by atoms with van der Waals surface area (Å²) in [6, 6.07) is 0. The molecule has 0 heterocycles. The highest BCUT2D eigenvalue weighted by Crippen LogP contribution is 2.53. The van der Waals surface area contributed by atoms with Crippen LogP contribution in [0.1, 0.15) is 46.0 Å². The maximum absolute atomic E-state index is 11.2. The van der Waals surface area contributed by atoms with Gasteiger partial charge in [0.1, 0.15) is 5.78 Å². The molecule has 2 fully saturated rings. The summed E-state index contributed by atoms with van der Waals surface area (Å²) >= 11 is 0. The molecule has 0 aliphatic heterocycles. The van der Waals surface area contributed by atoms with Crippen molar-refractivity contribution in [2.24, 2.45) is 17.3 Å². The van der Waals surface area contributed by atoms with Crippen LogP contribution in [0.4, 0.5) is 0 Å². The van der Waals surface area contributed by atoms with Gasteiger partial charge in [0, 0.05) is 12.8 Å². The van der Waals surface area contributed by atoms with Crippen LogP contribution in [0.3, 0.4) is 0 Å². The van der Waals surface area contributed by atoms with Gasteiger partial charge in [0.2, 0.25) is 0 Å². The average Bonchev–Trinajstić information content (AvgIpc) is 2.42. The summed E-state index contributed by atoms with van der Waals surface area (Å²) in [5, 5.41) is 0. The lowest BCUT2D eigenvalue weighted by molar-refractivity contribution is -0.118. The summed E-state index contributed by atoms with van der Waals surface area (Å²) < 4.78 is 0. The van der Waals surface area contributed by atoms with Crippen molar-refractivity contribution >= 4 is 5.78 Å². The summed E-state index contributed by atoms with van der Waals surface area (Å²) in [5.41, 5.74) is 0.454. The zero-order chi connectivity index (χ0) is 8.77. The van der Waals surface area contributed by atoms with Crippen LogP contribution in [-0.4, -0.2) is 5.78 Å². The van der Waals surface area contributed by atoms with Crippen molar-refractivity contribution in [3.05, 3.63) is 0 Å². The first-order valence-electron chi connectivity index (χ1n) is 5.13. The second-order valence-corrected chi connectivity index (χ2v) is 5.08. The van der Waals surface area contributed by atoms with E-state index in [4.69, 9.17) is 0 Å². The Labute approximate surface area is 74.5 Å². The van der Waals surface area contributed by atoms with Gasteiger partial charge in [-0.05, 0) is 36.5 Å². The highest BCUT2D eigenvalue weighted by molar-refractivity contribution is 5.81. The highest BCUT2D eigenvalue weighted by Gasteiger charge is 2.45. The van der Waals surface area contributed by atoms with E-state index in [1.165, 1.54) is 19.3 Å². The average molecular weight is 166 g/mol. The minimum atomic E-state index is 0.454. The number of ketones is 1. The van der Waals surface area contributed by atoms with Crippen molar-refractivity contribution < 1.29 is 4.79 Å². The second kappa shape index (κ2) is 2.58. The van der Waals surface area contributed by atoms with Crippen LogP contribution in [0.5, 0.6) is 0 Å². The van der Waals surface area contributed by atoms with Gasteiger partial charge < -0.3 is 0 Å². The Balaban J connectivity index is 2.10. The molecule has 2 saturated carbocycles. The Bertz CT molecular complexity index is 197. The monoisotopic (exact) mass is 166 g/mol. The number of carbonyl (C=O) groups excluding carboxylic acids is 1. The third kappa shape index (κ3) is 1.19. The van der Waals surface area contributed by atoms with E-state index in [0.29, 0.717) is 11.2 Å². The van der Waals surface area contributed by atoms with Crippen LogP contribution < -0.4 is 0 Å². The van der Waals surface area contributed by atoms with Crippen molar-refractivity contribution in [1.82, 2.24) is 0 Å². The van der Waals surface area contributed by atoms with Crippen LogP contribution in [0, 0.1) is 17.3 Å². The Morgan fingerprint density at radius 1 is 1.25 bits per heavy atom.